The smallest absolute Gasteiger partial charge is 0.0349 e. The Hall–Kier alpha value is -0.820. The molecule has 1 saturated heterocycles. The Morgan fingerprint density at radius 3 is 2.50 bits per heavy atom. The number of benzene rings is 1. The van der Waals surface area contributed by atoms with Gasteiger partial charge in [0, 0.05) is 6.04 Å². The topological polar surface area (TPSA) is 12.0 Å². The lowest BCUT2D eigenvalue weighted by Crippen LogP contribution is -2.17. The normalized spacial score (nSPS) is 25.2. The van der Waals surface area contributed by atoms with Crippen molar-refractivity contribution < 1.29 is 0 Å². The largest absolute Gasteiger partial charge is 0.310 e. The Bertz CT molecular complexity index is 326. The summed E-state index contributed by atoms with van der Waals surface area (Å²) in [4.78, 5) is 0. The maximum absolute atomic E-state index is 3.62. The average Bonchev–Trinajstić information content (AvgIpc) is 2.77. The van der Waals surface area contributed by atoms with Crippen molar-refractivity contribution in [2.75, 3.05) is 6.54 Å². The van der Waals surface area contributed by atoms with Gasteiger partial charge in [-0.15, -0.1) is 0 Å². The van der Waals surface area contributed by atoms with Crippen LogP contribution in [0.5, 0.6) is 0 Å². The Morgan fingerprint density at radius 2 is 1.94 bits per heavy atom. The molecule has 0 aliphatic carbocycles. The summed E-state index contributed by atoms with van der Waals surface area (Å²) in [7, 11) is 0. The van der Waals surface area contributed by atoms with Crippen molar-refractivity contribution in [3.8, 4) is 0 Å². The Balaban J connectivity index is 2.15. The summed E-state index contributed by atoms with van der Waals surface area (Å²) in [6, 6.07) is 9.77. The molecular weight excluding hydrogens is 194 g/mol. The molecule has 0 bridgehead atoms. The summed E-state index contributed by atoms with van der Waals surface area (Å²) in [5.74, 6) is 1.46. The molecule has 0 spiro atoms. The van der Waals surface area contributed by atoms with Gasteiger partial charge in [-0.05, 0) is 35.9 Å². The molecule has 0 radical (unpaired) electrons. The molecule has 1 nitrogen and oxygen atoms in total. The van der Waals surface area contributed by atoms with Gasteiger partial charge in [-0.1, -0.05) is 51.5 Å². The lowest BCUT2D eigenvalue weighted by Gasteiger charge is -2.19. The highest BCUT2D eigenvalue weighted by atomic mass is 14.9. The zero-order valence-electron chi connectivity index (χ0n) is 10.7. The van der Waals surface area contributed by atoms with Crippen LogP contribution in [-0.4, -0.2) is 6.54 Å². The number of rotatable bonds is 3. The summed E-state index contributed by atoms with van der Waals surface area (Å²) in [5.41, 5.74) is 2.91. The summed E-state index contributed by atoms with van der Waals surface area (Å²) < 4.78 is 0. The molecule has 0 saturated carbocycles. The summed E-state index contributed by atoms with van der Waals surface area (Å²) in [6.07, 6.45) is 2.61. The molecule has 2 atom stereocenters. The van der Waals surface area contributed by atoms with Crippen LogP contribution in [0.3, 0.4) is 0 Å². The van der Waals surface area contributed by atoms with Gasteiger partial charge in [0.1, 0.15) is 0 Å². The Kier molecular flexibility index (Phi) is 3.65. The SMILES string of the molecule is CCC1CCNC1c1ccc(C(C)C)cc1. The fourth-order valence-electron chi connectivity index (χ4n) is 2.68. The van der Waals surface area contributed by atoms with Crippen LogP contribution >= 0.6 is 0 Å². The monoisotopic (exact) mass is 217 g/mol. The van der Waals surface area contributed by atoms with Crippen LogP contribution in [0, 0.1) is 5.92 Å². The van der Waals surface area contributed by atoms with Crippen LogP contribution in [0.1, 0.15) is 56.7 Å². The average molecular weight is 217 g/mol. The van der Waals surface area contributed by atoms with E-state index >= 15 is 0 Å². The summed E-state index contributed by atoms with van der Waals surface area (Å²) in [6.45, 7) is 7.97. The van der Waals surface area contributed by atoms with Gasteiger partial charge >= 0.3 is 0 Å². The number of nitrogens with one attached hydrogen (secondary N) is 1. The van der Waals surface area contributed by atoms with E-state index in [2.05, 4.69) is 50.4 Å². The minimum absolute atomic E-state index is 0.589. The first-order valence-corrected chi connectivity index (χ1v) is 6.55. The van der Waals surface area contributed by atoms with Crippen LogP contribution in [0.2, 0.25) is 0 Å². The van der Waals surface area contributed by atoms with Crippen LogP contribution < -0.4 is 5.32 Å². The zero-order valence-corrected chi connectivity index (χ0v) is 10.7. The van der Waals surface area contributed by atoms with E-state index < -0.39 is 0 Å². The standard InChI is InChI=1S/C15H23N/c1-4-12-9-10-16-15(12)14-7-5-13(6-8-14)11(2)3/h5-8,11-12,15-16H,4,9-10H2,1-3H3. The fourth-order valence-corrected chi connectivity index (χ4v) is 2.68. The molecule has 16 heavy (non-hydrogen) atoms. The first kappa shape index (κ1) is 11.7. The highest BCUT2D eigenvalue weighted by Crippen LogP contribution is 2.32. The molecule has 0 amide bonds. The molecule has 1 aliphatic rings. The van der Waals surface area contributed by atoms with E-state index in [4.69, 9.17) is 0 Å². The van der Waals surface area contributed by atoms with Gasteiger partial charge in [-0.3, -0.25) is 0 Å². The minimum Gasteiger partial charge on any atom is -0.310 e. The van der Waals surface area contributed by atoms with E-state index in [0.29, 0.717) is 12.0 Å². The van der Waals surface area contributed by atoms with Crippen molar-refractivity contribution >= 4 is 0 Å². The maximum atomic E-state index is 3.62. The van der Waals surface area contributed by atoms with Crippen molar-refractivity contribution in [3.63, 3.8) is 0 Å². The summed E-state index contributed by atoms with van der Waals surface area (Å²) in [5, 5.41) is 3.62. The van der Waals surface area contributed by atoms with Crippen LogP contribution in [0.25, 0.3) is 0 Å². The molecule has 1 aromatic carbocycles. The van der Waals surface area contributed by atoms with Gasteiger partial charge in [0.15, 0.2) is 0 Å². The third kappa shape index (κ3) is 2.30. The molecular formula is C15H23N. The highest BCUT2D eigenvalue weighted by Gasteiger charge is 2.26. The molecule has 2 unspecified atom stereocenters. The second-order valence-corrected chi connectivity index (χ2v) is 5.21. The van der Waals surface area contributed by atoms with E-state index in [1.54, 1.807) is 0 Å². The molecule has 1 fully saturated rings. The van der Waals surface area contributed by atoms with Gasteiger partial charge in [0.25, 0.3) is 0 Å². The quantitative estimate of drug-likeness (QED) is 0.810. The molecule has 2 rings (SSSR count). The Labute approximate surface area is 99.3 Å². The number of hydrogen-bond acceptors (Lipinski definition) is 1. The lowest BCUT2D eigenvalue weighted by atomic mass is 9.91. The maximum Gasteiger partial charge on any atom is 0.0349 e. The van der Waals surface area contributed by atoms with Crippen molar-refractivity contribution in [3.05, 3.63) is 35.4 Å². The fraction of sp³-hybridized carbons (Fsp3) is 0.600. The summed E-state index contributed by atoms with van der Waals surface area (Å²) >= 11 is 0. The number of hydrogen-bond donors (Lipinski definition) is 1. The van der Waals surface area contributed by atoms with Gasteiger partial charge < -0.3 is 5.32 Å². The van der Waals surface area contributed by atoms with Crippen molar-refractivity contribution in [1.82, 2.24) is 5.32 Å². The third-order valence-electron chi connectivity index (χ3n) is 3.84. The van der Waals surface area contributed by atoms with Gasteiger partial charge in [-0.2, -0.15) is 0 Å². The van der Waals surface area contributed by atoms with E-state index in [9.17, 15) is 0 Å². The highest BCUT2D eigenvalue weighted by molar-refractivity contribution is 5.27. The molecule has 1 heterocycles. The molecule has 1 aliphatic heterocycles. The van der Waals surface area contributed by atoms with Crippen molar-refractivity contribution in [2.45, 2.75) is 45.6 Å². The van der Waals surface area contributed by atoms with E-state index in [0.717, 1.165) is 5.92 Å². The molecule has 88 valence electrons. The van der Waals surface area contributed by atoms with E-state index in [-0.39, 0.29) is 0 Å². The van der Waals surface area contributed by atoms with Gasteiger partial charge in [-0.25, -0.2) is 0 Å². The first-order valence-electron chi connectivity index (χ1n) is 6.55. The zero-order chi connectivity index (χ0) is 11.5. The Morgan fingerprint density at radius 1 is 1.25 bits per heavy atom. The van der Waals surface area contributed by atoms with Crippen LogP contribution in [0.4, 0.5) is 0 Å². The van der Waals surface area contributed by atoms with Crippen molar-refractivity contribution in [1.29, 1.82) is 0 Å². The van der Waals surface area contributed by atoms with Gasteiger partial charge in [0.05, 0.1) is 0 Å². The minimum atomic E-state index is 0.589. The first-order chi connectivity index (χ1) is 7.72. The second-order valence-electron chi connectivity index (χ2n) is 5.21. The predicted molar refractivity (Wildman–Crippen MR) is 69.7 cm³/mol. The van der Waals surface area contributed by atoms with Crippen molar-refractivity contribution in [2.24, 2.45) is 5.92 Å². The lowest BCUT2D eigenvalue weighted by molar-refractivity contribution is 0.449. The van der Waals surface area contributed by atoms with E-state index in [1.807, 2.05) is 0 Å². The van der Waals surface area contributed by atoms with Crippen LogP contribution in [0.15, 0.2) is 24.3 Å². The molecule has 0 aromatic heterocycles. The van der Waals surface area contributed by atoms with Crippen LogP contribution in [-0.2, 0) is 0 Å². The molecule has 1 aromatic rings. The molecule has 1 heteroatoms. The second kappa shape index (κ2) is 5.01. The predicted octanol–water partition coefficient (Wildman–Crippen LogP) is 3.87. The van der Waals surface area contributed by atoms with E-state index in [1.165, 1.54) is 30.5 Å². The van der Waals surface area contributed by atoms with Gasteiger partial charge in [0.2, 0.25) is 0 Å². The molecule has 1 N–H and O–H groups in total. The third-order valence-corrected chi connectivity index (χ3v) is 3.84.